The molecule has 0 radical (unpaired) electrons. The lowest BCUT2D eigenvalue weighted by Gasteiger charge is -2.37. The summed E-state index contributed by atoms with van der Waals surface area (Å²) in [4.78, 5) is 39.8. The molecular formula is C15H15N3O7S. The molecule has 2 amide bonds. The summed E-state index contributed by atoms with van der Waals surface area (Å²) in [5.74, 6) is -2.24. The number of primary amides is 1. The molecule has 1 aromatic rings. The van der Waals surface area contributed by atoms with Crippen molar-refractivity contribution in [2.45, 2.75) is 23.1 Å². The zero-order valence-corrected chi connectivity index (χ0v) is 14.3. The second kappa shape index (κ2) is 5.80. The average molecular weight is 381 g/mol. The molecular weight excluding hydrogens is 366 g/mol. The Morgan fingerprint density at radius 2 is 2.15 bits per heavy atom. The van der Waals surface area contributed by atoms with Gasteiger partial charge in [0.15, 0.2) is 21.3 Å². The first-order valence-electron chi connectivity index (χ1n) is 7.45. The highest BCUT2D eigenvalue weighted by molar-refractivity contribution is 7.94. The number of sulfone groups is 1. The summed E-state index contributed by atoms with van der Waals surface area (Å²) in [6.45, 7) is 0.340. The van der Waals surface area contributed by atoms with Gasteiger partial charge < -0.3 is 20.5 Å². The van der Waals surface area contributed by atoms with Crippen molar-refractivity contribution in [2.75, 3.05) is 6.61 Å². The number of rotatable bonds is 4. The Hall–Kier alpha value is -2.95. The van der Waals surface area contributed by atoms with Gasteiger partial charge in [-0.15, -0.1) is 0 Å². The number of nitrogens with two attached hydrogens (primary N) is 1. The number of amides is 2. The summed E-state index contributed by atoms with van der Waals surface area (Å²) < 4.78 is 28.5. The van der Waals surface area contributed by atoms with E-state index >= 15 is 0 Å². The van der Waals surface area contributed by atoms with E-state index in [0.717, 1.165) is 11.8 Å². The van der Waals surface area contributed by atoms with Gasteiger partial charge in [-0.1, -0.05) is 6.07 Å². The molecule has 10 nitrogen and oxygen atoms in total. The summed E-state index contributed by atoms with van der Waals surface area (Å²) in [6.07, 6.45) is 1.54. The van der Waals surface area contributed by atoms with Crippen LogP contribution in [0.3, 0.4) is 0 Å². The van der Waals surface area contributed by atoms with Gasteiger partial charge in [0.25, 0.3) is 5.91 Å². The van der Waals surface area contributed by atoms with E-state index in [9.17, 15) is 27.9 Å². The number of carbonyl (C=O) groups excluding carboxylic acids is 2. The molecule has 3 atom stereocenters. The first kappa shape index (κ1) is 17.9. The van der Waals surface area contributed by atoms with Crippen molar-refractivity contribution in [2.24, 2.45) is 5.73 Å². The van der Waals surface area contributed by atoms with Crippen LogP contribution in [0, 0.1) is 0 Å². The van der Waals surface area contributed by atoms with Crippen LogP contribution in [-0.2, 0) is 24.2 Å². The number of carboxylic acids is 1. The Labute approximate surface area is 148 Å². The number of aliphatic carboxylic acids is 1. The van der Waals surface area contributed by atoms with E-state index in [4.69, 9.17) is 5.73 Å². The minimum atomic E-state index is -4.22. The van der Waals surface area contributed by atoms with Crippen molar-refractivity contribution < 1.29 is 32.6 Å². The molecule has 0 aliphatic carbocycles. The molecule has 0 spiro atoms. The van der Waals surface area contributed by atoms with E-state index in [2.05, 4.69) is 9.72 Å². The Balaban J connectivity index is 2.07. The Bertz CT molecular complexity index is 928. The van der Waals surface area contributed by atoms with Gasteiger partial charge >= 0.3 is 12.1 Å². The Kier molecular flexibility index (Phi) is 3.98. The fourth-order valence-corrected chi connectivity index (χ4v) is 5.51. The first-order chi connectivity index (χ1) is 12.1. The number of β-lactam (4-membered cyclic amide) rings is 1. The predicted octanol–water partition coefficient (Wildman–Crippen LogP) is -0.631. The van der Waals surface area contributed by atoms with E-state index < -0.39 is 50.6 Å². The smallest absolute Gasteiger partial charge is 0.404 e. The van der Waals surface area contributed by atoms with Crippen LogP contribution in [0.15, 0.2) is 30.0 Å². The third-order valence-electron chi connectivity index (χ3n) is 4.53. The van der Waals surface area contributed by atoms with Crippen LogP contribution in [-0.4, -0.2) is 64.1 Å². The fourth-order valence-electron chi connectivity index (χ4n) is 3.23. The number of ether oxygens (including phenoxy) is 1. The number of nitrogens with zero attached hydrogens (tertiary/aromatic N) is 2. The molecule has 0 aromatic carbocycles. The minimum absolute atomic E-state index is 0.0854. The van der Waals surface area contributed by atoms with Gasteiger partial charge in [-0.25, -0.2) is 18.0 Å². The number of fused-ring (bicyclic) bond motifs is 1. The van der Waals surface area contributed by atoms with Crippen molar-refractivity contribution in [1.29, 1.82) is 0 Å². The van der Waals surface area contributed by atoms with Crippen molar-refractivity contribution in [3.8, 4) is 0 Å². The maximum Gasteiger partial charge on any atom is 0.404 e. The fraction of sp³-hybridized carbons (Fsp3) is 0.333. The second-order valence-corrected chi connectivity index (χ2v) is 8.59. The third kappa shape index (κ3) is 2.35. The highest BCUT2D eigenvalue weighted by atomic mass is 32.2. The largest absolute Gasteiger partial charge is 0.480 e. The van der Waals surface area contributed by atoms with Crippen LogP contribution in [0.5, 0.6) is 0 Å². The molecule has 2 aliphatic heterocycles. The summed E-state index contributed by atoms with van der Waals surface area (Å²) in [6, 6.07) is 3.19. The van der Waals surface area contributed by atoms with E-state index in [1.54, 1.807) is 18.2 Å². The second-order valence-electron chi connectivity index (χ2n) is 6.13. The number of hydrogen-bond acceptors (Lipinski definition) is 7. The summed E-state index contributed by atoms with van der Waals surface area (Å²) >= 11 is 0. The normalized spacial score (nSPS) is 30.6. The first-order valence-corrected chi connectivity index (χ1v) is 8.99. The monoisotopic (exact) mass is 381 g/mol. The van der Waals surface area contributed by atoms with E-state index in [0.29, 0.717) is 5.69 Å². The summed E-state index contributed by atoms with van der Waals surface area (Å²) in [5.41, 5.74) is 5.15. The number of aromatic nitrogens is 1. The van der Waals surface area contributed by atoms with Crippen LogP contribution < -0.4 is 5.73 Å². The number of hydrogen-bond donors (Lipinski definition) is 2. The van der Waals surface area contributed by atoms with Crippen LogP contribution in [0.2, 0.25) is 0 Å². The van der Waals surface area contributed by atoms with Gasteiger partial charge in [0.05, 0.1) is 11.3 Å². The van der Waals surface area contributed by atoms with E-state index in [1.165, 1.54) is 12.3 Å². The average Bonchev–Trinajstić information content (AvgIpc) is 2.74. The third-order valence-corrected chi connectivity index (χ3v) is 7.24. The highest BCUT2D eigenvalue weighted by Crippen LogP contribution is 2.49. The van der Waals surface area contributed by atoms with E-state index in [1.807, 2.05) is 0 Å². The van der Waals surface area contributed by atoms with Crippen LogP contribution in [0.1, 0.15) is 12.6 Å². The van der Waals surface area contributed by atoms with Gasteiger partial charge in [0.1, 0.15) is 11.4 Å². The lowest BCUT2D eigenvalue weighted by molar-refractivity contribution is -0.153. The zero-order chi connectivity index (χ0) is 19.3. The number of carbonyl (C=O) groups is 3. The molecule has 3 heterocycles. The van der Waals surface area contributed by atoms with Gasteiger partial charge in [0.2, 0.25) is 0 Å². The lowest BCUT2D eigenvalue weighted by atomic mass is 9.94. The predicted molar refractivity (Wildman–Crippen MR) is 87.1 cm³/mol. The highest BCUT2D eigenvalue weighted by Gasteiger charge is 2.72. The standard InChI is InChI=1S/C15H15N3O7S/c1-15(7-25-14(16)22)10(13(20)21)18-11(19)9(12(18)26(15,23)24)6-8-4-2-3-5-17-8/h2-6,10,12H,7H2,1H3,(H2,16,22)(H,20,21)/t10-,12+,15-/m0/s1. The summed E-state index contributed by atoms with van der Waals surface area (Å²) in [7, 11) is -4.22. The zero-order valence-electron chi connectivity index (χ0n) is 13.5. The Morgan fingerprint density at radius 3 is 2.69 bits per heavy atom. The lowest BCUT2D eigenvalue weighted by Crippen LogP contribution is -2.59. The molecule has 11 heteroatoms. The van der Waals surface area contributed by atoms with Crippen LogP contribution in [0.25, 0.3) is 6.08 Å². The minimum Gasteiger partial charge on any atom is -0.480 e. The molecule has 2 saturated heterocycles. The Morgan fingerprint density at radius 1 is 1.46 bits per heavy atom. The molecule has 0 saturated carbocycles. The quantitative estimate of drug-likeness (QED) is 0.515. The van der Waals surface area contributed by atoms with Crippen molar-refractivity contribution in [3.05, 3.63) is 35.7 Å². The van der Waals surface area contributed by atoms with Crippen molar-refractivity contribution in [3.63, 3.8) is 0 Å². The maximum absolute atomic E-state index is 13.0. The topological polar surface area (TPSA) is 157 Å². The van der Waals surface area contributed by atoms with Gasteiger partial charge in [-0.2, -0.15) is 0 Å². The molecule has 138 valence electrons. The number of carboxylic acid groups (broad SMARTS) is 1. The molecule has 3 N–H and O–H groups in total. The molecule has 1 aromatic heterocycles. The molecule has 2 aliphatic rings. The van der Waals surface area contributed by atoms with E-state index in [-0.39, 0.29) is 5.57 Å². The maximum atomic E-state index is 13.0. The molecule has 2 fully saturated rings. The van der Waals surface area contributed by atoms with Crippen molar-refractivity contribution >= 4 is 33.9 Å². The molecule has 0 bridgehead atoms. The number of pyridine rings is 1. The molecule has 26 heavy (non-hydrogen) atoms. The van der Waals surface area contributed by atoms with Crippen LogP contribution >= 0.6 is 0 Å². The summed E-state index contributed by atoms with van der Waals surface area (Å²) in [5, 5.41) is 8.06. The van der Waals surface area contributed by atoms with Gasteiger partial charge in [0, 0.05) is 6.20 Å². The van der Waals surface area contributed by atoms with Gasteiger partial charge in [-0.05, 0) is 25.1 Å². The SMILES string of the molecule is C[C@]1(COC(N)=O)[C@H](C(=O)O)N2C(=O)C(=Cc3ccccn3)[C@H]2S1(=O)=O. The van der Waals surface area contributed by atoms with Crippen molar-refractivity contribution in [1.82, 2.24) is 9.88 Å². The molecule has 0 unspecified atom stereocenters. The van der Waals surface area contributed by atoms with Crippen LogP contribution in [0.4, 0.5) is 4.79 Å². The molecule has 3 rings (SSSR count). The van der Waals surface area contributed by atoms with Gasteiger partial charge in [-0.3, -0.25) is 9.78 Å².